The summed E-state index contributed by atoms with van der Waals surface area (Å²) in [5, 5.41) is 6.38. The minimum atomic E-state index is 0.0670. The quantitative estimate of drug-likeness (QED) is 0.746. The van der Waals surface area contributed by atoms with E-state index >= 15 is 0 Å². The fourth-order valence-electron chi connectivity index (χ4n) is 4.29. The molecule has 4 N–H and O–H groups in total. The number of aromatic nitrogens is 2. The van der Waals surface area contributed by atoms with Gasteiger partial charge in [-0.3, -0.25) is 0 Å². The highest BCUT2D eigenvalue weighted by Crippen LogP contribution is 2.24. The summed E-state index contributed by atoms with van der Waals surface area (Å²) in [4.78, 5) is 25.4. The van der Waals surface area contributed by atoms with Gasteiger partial charge in [0.2, 0.25) is 5.95 Å². The molecule has 1 unspecified atom stereocenters. The number of carbonyl (C=O) groups is 1. The molecule has 1 saturated carbocycles. The molecule has 2 amide bonds. The molecule has 1 atom stereocenters. The SMILES string of the molecule is NC1CCC(Nc2nccc(N3CCCC(N4CCNC4=O)C3)n2)CC1. The summed E-state index contributed by atoms with van der Waals surface area (Å²) in [6.07, 6.45) is 8.22. The Hall–Kier alpha value is -2.09. The highest BCUT2D eigenvalue weighted by molar-refractivity contribution is 5.76. The van der Waals surface area contributed by atoms with E-state index in [0.29, 0.717) is 18.0 Å². The normalized spacial score (nSPS) is 29.6. The van der Waals surface area contributed by atoms with Crippen molar-refractivity contribution in [2.24, 2.45) is 5.73 Å². The molecule has 0 spiro atoms. The van der Waals surface area contributed by atoms with Crippen LogP contribution < -0.4 is 21.3 Å². The largest absolute Gasteiger partial charge is 0.354 e. The lowest BCUT2D eigenvalue weighted by Crippen LogP contribution is -2.49. The van der Waals surface area contributed by atoms with E-state index in [1.165, 1.54) is 0 Å². The van der Waals surface area contributed by atoms with Crippen molar-refractivity contribution in [1.29, 1.82) is 0 Å². The molecule has 1 aromatic heterocycles. The van der Waals surface area contributed by atoms with E-state index in [1.807, 2.05) is 17.2 Å². The Morgan fingerprint density at radius 2 is 2.04 bits per heavy atom. The Morgan fingerprint density at radius 1 is 1.19 bits per heavy atom. The molecule has 0 radical (unpaired) electrons. The number of piperidine rings is 1. The fourth-order valence-corrected chi connectivity index (χ4v) is 4.29. The van der Waals surface area contributed by atoms with E-state index < -0.39 is 0 Å². The minimum absolute atomic E-state index is 0.0670. The zero-order valence-corrected chi connectivity index (χ0v) is 15.2. The molecule has 1 aliphatic carbocycles. The molecule has 142 valence electrons. The van der Waals surface area contributed by atoms with E-state index in [2.05, 4.69) is 20.5 Å². The van der Waals surface area contributed by atoms with Crippen LogP contribution in [0.2, 0.25) is 0 Å². The second-order valence-electron chi connectivity index (χ2n) is 7.66. The lowest BCUT2D eigenvalue weighted by Gasteiger charge is -2.37. The van der Waals surface area contributed by atoms with Crippen molar-refractivity contribution in [3.63, 3.8) is 0 Å². The van der Waals surface area contributed by atoms with Crippen LogP contribution >= 0.6 is 0 Å². The highest BCUT2D eigenvalue weighted by atomic mass is 16.2. The molecule has 8 heteroatoms. The van der Waals surface area contributed by atoms with E-state index in [4.69, 9.17) is 10.7 Å². The van der Waals surface area contributed by atoms with Crippen LogP contribution in [0.5, 0.6) is 0 Å². The van der Waals surface area contributed by atoms with Crippen LogP contribution in [0.15, 0.2) is 12.3 Å². The van der Waals surface area contributed by atoms with Crippen LogP contribution in [0, 0.1) is 0 Å². The molecule has 2 saturated heterocycles. The van der Waals surface area contributed by atoms with E-state index in [-0.39, 0.29) is 12.1 Å². The van der Waals surface area contributed by atoms with Gasteiger partial charge in [0.25, 0.3) is 0 Å². The standard InChI is InChI=1S/C18H29N7O/c19-13-3-5-14(6-4-13)22-17-20-8-7-16(23-17)24-10-1-2-15(12-24)25-11-9-21-18(25)26/h7-8,13-15H,1-6,9-12,19H2,(H,21,26)(H,20,22,23). The second-order valence-corrected chi connectivity index (χ2v) is 7.66. The van der Waals surface area contributed by atoms with Crippen LogP contribution in [0.3, 0.4) is 0 Å². The summed E-state index contributed by atoms with van der Waals surface area (Å²) >= 11 is 0. The Morgan fingerprint density at radius 3 is 2.81 bits per heavy atom. The lowest BCUT2D eigenvalue weighted by atomic mass is 9.92. The molecule has 26 heavy (non-hydrogen) atoms. The number of urea groups is 1. The minimum Gasteiger partial charge on any atom is -0.354 e. The maximum absolute atomic E-state index is 12.0. The van der Waals surface area contributed by atoms with Crippen molar-refractivity contribution in [3.8, 4) is 0 Å². The van der Waals surface area contributed by atoms with Gasteiger partial charge < -0.3 is 26.2 Å². The van der Waals surface area contributed by atoms with Crippen LogP contribution in [0.1, 0.15) is 38.5 Å². The first-order valence-corrected chi connectivity index (χ1v) is 9.83. The molecule has 0 bridgehead atoms. The van der Waals surface area contributed by atoms with Crippen LogP contribution in [0.4, 0.5) is 16.6 Å². The highest BCUT2D eigenvalue weighted by Gasteiger charge is 2.31. The molecular weight excluding hydrogens is 330 g/mol. The number of rotatable bonds is 4. The van der Waals surface area contributed by atoms with Crippen molar-refractivity contribution < 1.29 is 4.79 Å². The Balaban J connectivity index is 1.40. The number of hydrogen-bond acceptors (Lipinski definition) is 6. The van der Waals surface area contributed by atoms with Gasteiger partial charge in [0.05, 0.1) is 6.04 Å². The molecule has 1 aromatic rings. The van der Waals surface area contributed by atoms with Gasteiger partial charge in [-0.05, 0) is 44.6 Å². The number of hydrogen-bond donors (Lipinski definition) is 3. The van der Waals surface area contributed by atoms with Crippen LogP contribution in [-0.2, 0) is 0 Å². The fraction of sp³-hybridized carbons (Fsp3) is 0.722. The van der Waals surface area contributed by atoms with Gasteiger partial charge in [-0.15, -0.1) is 0 Å². The molecular formula is C18H29N7O. The van der Waals surface area contributed by atoms with Gasteiger partial charge >= 0.3 is 6.03 Å². The Kier molecular flexibility index (Phi) is 5.10. The third-order valence-electron chi connectivity index (χ3n) is 5.80. The Labute approximate surface area is 154 Å². The number of nitrogens with one attached hydrogen (secondary N) is 2. The maximum atomic E-state index is 12.0. The van der Waals surface area contributed by atoms with Crippen LogP contribution in [-0.4, -0.2) is 65.2 Å². The monoisotopic (exact) mass is 359 g/mol. The Bertz CT molecular complexity index is 632. The maximum Gasteiger partial charge on any atom is 0.317 e. The zero-order valence-electron chi connectivity index (χ0n) is 15.2. The first-order chi connectivity index (χ1) is 12.7. The molecule has 3 heterocycles. The lowest BCUT2D eigenvalue weighted by molar-refractivity contribution is 0.189. The number of nitrogens with zero attached hydrogens (tertiary/aromatic N) is 4. The summed E-state index contributed by atoms with van der Waals surface area (Å²) in [6.45, 7) is 3.36. The molecule has 2 aliphatic heterocycles. The van der Waals surface area contributed by atoms with Gasteiger partial charge in [-0.2, -0.15) is 4.98 Å². The van der Waals surface area contributed by atoms with E-state index in [0.717, 1.165) is 70.5 Å². The summed E-state index contributed by atoms with van der Waals surface area (Å²) in [5.41, 5.74) is 5.99. The van der Waals surface area contributed by atoms with Crippen molar-refractivity contribution in [1.82, 2.24) is 20.2 Å². The van der Waals surface area contributed by atoms with Crippen molar-refractivity contribution in [3.05, 3.63) is 12.3 Å². The first-order valence-electron chi connectivity index (χ1n) is 9.83. The van der Waals surface area contributed by atoms with Crippen molar-refractivity contribution >= 4 is 17.8 Å². The summed E-state index contributed by atoms with van der Waals surface area (Å²) in [6, 6.07) is 3.05. The average Bonchev–Trinajstić information content (AvgIpc) is 3.10. The van der Waals surface area contributed by atoms with Gasteiger partial charge in [0.1, 0.15) is 5.82 Å². The number of carbonyl (C=O) groups excluding carboxylic acids is 1. The second kappa shape index (κ2) is 7.65. The predicted octanol–water partition coefficient (Wildman–Crippen LogP) is 1.15. The van der Waals surface area contributed by atoms with Gasteiger partial charge in [0, 0.05) is 44.5 Å². The third-order valence-corrected chi connectivity index (χ3v) is 5.80. The third kappa shape index (κ3) is 3.85. The molecule has 0 aromatic carbocycles. The molecule has 8 nitrogen and oxygen atoms in total. The average molecular weight is 359 g/mol. The van der Waals surface area contributed by atoms with Gasteiger partial charge in [0.15, 0.2) is 0 Å². The summed E-state index contributed by atoms with van der Waals surface area (Å²) < 4.78 is 0. The number of amides is 2. The van der Waals surface area contributed by atoms with Crippen molar-refractivity contribution in [2.75, 3.05) is 36.4 Å². The topological polar surface area (TPSA) is 99.4 Å². The number of anilines is 2. The first kappa shape index (κ1) is 17.3. The zero-order chi connectivity index (χ0) is 17.9. The molecule has 3 fully saturated rings. The molecule has 3 aliphatic rings. The summed E-state index contributed by atoms with van der Waals surface area (Å²) in [7, 11) is 0. The van der Waals surface area contributed by atoms with Crippen molar-refractivity contribution in [2.45, 2.75) is 56.7 Å². The number of nitrogens with two attached hydrogens (primary N) is 1. The predicted molar refractivity (Wildman–Crippen MR) is 101 cm³/mol. The van der Waals surface area contributed by atoms with Crippen LogP contribution in [0.25, 0.3) is 0 Å². The van der Waals surface area contributed by atoms with E-state index in [9.17, 15) is 4.79 Å². The summed E-state index contributed by atoms with van der Waals surface area (Å²) in [5.74, 6) is 1.64. The van der Waals surface area contributed by atoms with Gasteiger partial charge in [-0.1, -0.05) is 0 Å². The smallest absolute Gasteiger partial charge is 0.317 e. The molecule has 4 rings (SSSR count). The van der Waals surface area contributed by atoms with E-state index in [1.54, 1.807) is 0 Å². The van der Waals surface area contributed by atoms with Gasteiger partial charge in [-0.25, -0.2) is 9.78 Å².